The third-order valence-electron chi connectivity index (χ3n) is 5.38. The Kier molecular flexibility index (Phi) is 5.05. The van der Waals surface area contributed by atoms with Gasteiger partial charge in [0.05, 0.1) is 0 Å². The van der Waals surface area contributed by atoms with Crippen molar-refractivity contribution in [3.8, 4) is 0 Å². The molecule has 1 atom stereocenters. The summed E-state index contributed by atoms with van der Waals surface area (Å²) in [7, 11) is 2.19. The largest absolute Gasteiger partial charge is 0.350 e. The molecule has 3 nitrogen and oxygen atoms in total. The van der Waals surface area contributed by atoms with Gasteiger partial charge in [0.1, 0.15) is 0 Å². The fraction of sp³-hybridized carbons (Fsp3) is 0.650. The maximum atomic E-state index is 12.4. The second-order valence-electron chi connectivity index (χ2n) is 7.80. The second kappa shape index (κ2) is 7.04. The first-order valence-corrected chi connectivity index (χ1v) is 9.10. The van der Waals surface area contributed by atoms with Gasteiger partial charge in [0.15, 0.2) is 0 Å². The van der Waals surface area contributed by atoms with Gasteiger partial charge in [-0.05, 0) is 70.5 Å². The molecule has 1 unspecified atom stereocenters. The van der Waals surface area contributed by atoms with E-state index in [1.54, 1.807) is 0 Å². The fourth-order valence-corrected chi connectivity index (χ4v) is 3.91. The highest BCUT2D eigenvalue weighted by atomic mass is 16.1. The number of nitrogens with zero attached hydrogens (tertiary/aromatic N) is 1. The average molecular weight is 314 g/mol. The molecule has 1 saturated heterocycles. The normalized spacial score (nSPS) is 23.5. The van der Waals surface area contributed by atoms with Crippen molar-refractivity contribution in [2.24, 2.45) is 5.92 Å². The van der Waals surface area contributed by atoms with Crippen molar-refractivity contribution in [3.63, 3.8) is 0 Å². The average Bonchev–Trinajstić information content (AvgIpc) is 3.24. The van der Waals surface area contributed by atoms with Crippen molar-refractivity contribution in [1.82, 2.24) is 10.2 Å². The van der Waals surface area contributed by atoms with Crippen molar-refractivity contribution >= 4 is 5.91 Å². The first kappa shape index (κ1) is 16.5. The Bertz CT molecular complexity index is 550. The summed E-state index contributed by atoms with van der Waals surface area (Å²) >= 11 is 0. The molecule has 0 aromatic heterocycles. The molecule has 1 amide bonds. The van der Waals surface area contributed by atoms with Gasteiger partial charge >= 0.3 is 0 Å². The highest BCUT2D eigenvalue weighted by Crippen LogP contribution is 2.39. The summed E-state index contributed by atoms with van der Waals surface area (Å²) in [5.41, 5.74) is 2.69. The zero-order valence-corrected chi connectivity index (χ0v) is 14.6. The van der Waals surface area contributed by atoms with Crippen molar-refractivity contribution < 1.29 is 4.79 Å². The second-order valence-corrected chi connectivity index (χ2v) is 7.80. The number of rotatable bonds is 6. The Morgan fingerprint density at radius 2 is 2.22 bits per heavy atom. The highest BCUT2D eigenvalue weighted by Gasteiger charge is 2.43. The number of hydrogen-bond acceptors (Lipinski definition) is 2. The zero-order valence-electron chi connectivity index (χ0n) is 14.6. The minimum absolute atomic E-state index is 0.0498. The zero-order chi connectivity index (χ0) is 16.3. The monoisotopic (exact) mass is 314 g/mol. The Labute approximate surface area is 140 Å². The lowest BCUT2D eigenvalue weighted by atomic mass is 9.93. The van der Waals surface area contributed by atoms with E-state index in [1.807, 2.05) is 0 Å². The molecule has 1 aromatic rings. The van der Waals surface area contributed by atoms with Crippen LogP contribution < -0.4 is 5.32 Å². The number of likely N-dealkylation sites (tertiary alicyclic amines) is 1. The van der Waals surface area contributed by atoms with Gasteiger partial charge in [-0.25, -0.2) is 0 Å². The van der Waals surface area contributed by atoms with E-state index >= 15 is 0 Å². The smallest absolute Gasteiger partial charge is 0.220 e. The van der Waals surface area contributed by atoms with Crippen LogP contribution in [0.25, 0.3) is 0 Å². The molecular formula is C20H30N2O. The lowest BCUT2D eigenvalue weighted by Crippen LogP contribution is -2.39. The number of nitrogens with one attached hydrogen (secondary N) is 1. The van der Waals surface area contributed by atoms with Crippen LogP contribution in [-0.4, -0.2) is 36.5 Å². The maximum absolute atomic E-state index is 12.4. The van der Waals surface area contributed by atoms with E-state index in [4.69, 9.17) is 0 Å². The standard InChI is InChI=1S/C20H30N2O/c1-16-5-3-6-18(13-16)14-20(10-11-20)21-19(23)9-8-17-7-4-12-22(2)15-17/h3,5-6,13,17H,4,7-12,14-15H2,1-2H3,(H,21,23). The number of carbonyl (C=O) groups is 1. The van der Waals surface area contributed by atoms with E-state index in [2.05, 4.69) is 48.5 Å². The summed E-state index contributed by atoms with van der Waals surface area (Å²) < 4.78 is 0. The van der Waals surface area contributed by atoms with Crippen LogP contribution in [0.15, 0.2) is 24.3 Å². The summed E-state index contributed by atoms with van der Waals surface area (Å²) in [6.07, 6.45) is 7.52. The van der Waals surface area contributed by atoms with Crippen LogP contribution in [0, 0.1) is 12.8 Å². The first-order chi connectivity index (χ1) is 11.0. The molecule has 1 N–H and O–H groups in total. The number of carbonyl (C=O) groups excluding carboxylic acids is 1. The quantitative estimate of drug-likeness (QED) is 0.874. The van der Waals surface area contributed by atoms with Crippen LogP contribution in [0.1, 0.15) is 49.7 Å². The number of amides is 1. The number of piperidine rings is 1. The molecular weight excluding hydrogens is 284 g/mol. The van der Waals surface area contributed by atoms with Crippen molar-refractivity contribution in [2.75, 3.05) is 20.1 Å². The van der Waals surface area contributed by atoms with Gasteiger partial charge in [0.2, 0.25) is 5.91 Å². The minimum atomic E-state index is 0.0498. The molecule has 0 spiro atoms. The summed E-state index contributed by atoms with van der Waals surface area (Å²) in [5, 5.41) is 3.33. The van der Waals surface area contributed by atoms with Crippen LogP contribution in [0.5, 0.6) is 0 Å². The predicted octanol–water partition coefficient (Wildman–Crippen LogP) is 3.31. The Balaban J connectivity index is 1.45. The Morgan fingerprint density at radius 3 is 2.91 bits per heavy atom. The third kappa shape index (κ3) is 4.81. The van der Waals surface area contributed by atoms with E-state index in [0.717, 1.165) is 32.2 Å². The van der Waals surface area contributed by atoms with Crippen molar-refractivity contribution in [1.29, 1.82) is 0 Å². The van der Waals surface area contributed by atoms with Gasteiger partial charge in [0.25, 0.3) is 0 Å². The molecule has 1 aromatic carbocycles. The molecule has 23 heavy (non-hydrogen) atoms. The molecule has 1 aliphatic carbocycles. The lowest BCUT2D eigenvalue weighted by Gasteiger charge is -2.29. The van der Waals surface area contributed by atoms with Gasteiger partial charge in [-0.3, -0.25) is 4.79 Å². The molecule has 2 aliphatic rings. The summed E-state index contributed by atoms with van der Waals surface area (Å²) in [6.45, 7) is 4.49. The van der Waals surface area contributed by atoms with Gasteiger partial charge < -0.3 is 10.2 Å². The molecule has 2 fully saturated rings. The van der Waals surface area contributed by atoms with Crippen LogP contribution in [0.4, 0.5) is 0 Å². The summed E-state index contributed by atoms with van der Waals surface area (Å²) in [4.78, 5) is 14.8. The van der Waals surface area contributed by atoms with Gasteiger partial charge in [0, 0.05) is 18.5 Å². The first-order valence-electron chi connectivity index (χ1n) is 9.10. The molecule has 1 saturated carbocycles. The fourth-order valence-electron chi connectivity index (χ4n) is 3.91. The van der Waals surface area contributed by atoms with Gasteiger partial charge in [-0.15, -0.1) is 0 Å². The van der Waals surface area contributed by atoms with Crippen LogP contribution >= 0.6 is 0 Å². The number of benzene rings is 1. The van der Waals surface area contributed by atoms with Crippen molar-refractivity contribution in [2.45, 2.75) is 57.4 Å². The molecule has 3 rings (SSSR count). The highest BCUT2D eigenvalue weighted by molar-refractivity contribution is 5.77. The number of hydrogen-bond donors (Lipinski definition) is 1. The topological polar surface area (TPSA) is 32.3 Å². The van der Waals surface area contributed by atoms with Crippen LogP contribution in [-0.2, 0) is 11.2 Å². The van der Waals surface area contributed by atoms with E-state index in [1.165, 1.54) is 30.5 Å². The third-order valence-corrected chi connectivity index (χ3v) is 5.38. The van der Waals surface area contributed by atoms with Crippen molar-refractivity contribution in [3.05, 3.63) is 35.4 Å². The molecule has 3 heteroatoms. The molecule has 1 heterocycles. The predicted molar refractivity (Wildman–Crippen MR) is 94.4 cm³/mol. The lowest BCUT2D eigenvalue weighted by molar-refractivity contribution is -0.122. The minimum Gasteiger partial charge on any atom is -0.350 e. The Morgan fingerprint density at radius 1 is 1.39 bits per heavy atom. The number of aryl methyl sites for hydroxylation is 1. The SMILES string of the molecule is Cc1cccc(CC2(NC(=O)CCC3CCCN(C)C3)CC2)c1. The van der Waals surface area contributed by atoms with E-state index in [-0.39, 0.29) is 11.4 Å². The summed E-state index contributed by atoms with van der Waals surface area (Å²) in [6, 6.07) is 8.66. The summed E-state index contributed by atoms with van der Waals surface area (Å²) in [5.74, 6) is 0.954. The van der Waals surface area contributed by atoms with E-state index < -0.39 is 0 Å². The maximum Gasteiger partial charge on any atom is 0.220 e. The van der Waals surface area contributed by atoms with Crippen LogP contribution in [0.2, 0.25) is 0 Å². The van der Waals surface area contributed by atoms with E-state index in [9.17, 15) is 4.79 Å². The van der Waals surface area contributed by atoms with Crippen LogP contribution in [0.3, 0.4) is 0 Å². The van der Waals surface area contributed by atoms with Gasteiger partial charge in [-0.2, -0.15) is 0 Å². The molecule has 0 bridgehead atoms. The molecule has 0 radical (unpaired) electrons. The Hall–Kier alpha value is -1.35. The molecule has 126 valence electrons. The van der Waals surface area contributed by atoms with E-state index in [0.29, 0.717) is 12.3 Å². The van der Waals surface area contributed by atoms with Gasteiger partial charge in [-0.1, -0.05) is 29.8 Å². The molecule has 1 aliphatic heterocycles.